The molecule has 0 atom stereocenters. The van der Waals surface area contributed by atoms with Gasteiger partial charge in [-0.15, -0.1) is 0 Å². The average Bonchev–Trinajstić information content (AvgIpc) is 2.25. The Labute approximate surface area is 114 Å². The summed E-state index contributed by atoms with van der Waals surface area (Å²) in [5, 5.41) is 3.69. The van der Waals surface area contributed by atoms with Crippen LogP contribution in [0.2, 0.25) is 5.02 Å². The second-order valence-corrected chi connectivity index (χ2v) is 7.03. The number of halogens is 1. The minimum atomic E-state index is -2.95. The lowest BCUT2D eigenvalue weighted by Crippen LogP contribution is -2.25. The van der Waals surface area contributed by atoms with Crippen molar-refractivity contribution in [1.29, 1.82) is 0 Å². The Morgan fingerprint density at radius 3 is 2.56 bits per heavy atom. The smallest absolute Gasteiger partial charge is 0.149 e. The zero-order chi connectivity index (χ0) is 13.8. The number of benzene rings is 1. The van der Waals surface area contributed by atoms with Crippen LogP contribution in [0.3, 0.4) is 0 Å². The van der Waals surface area contributed by atoms with Crippen molar-refractivity contribution < 1.29 is 8.42 Å². The molecule has 102 valence electrons. The standard InChI is InChI=1S/C12H19ClN2O2S/c1-14-9-10-4-5-12(11(13)8-10)15(2)6-7-18(3,16)17/h4-5,8,14H,6-7,9H2,1-3H3. The van der Waals surface area contributed by atoms with Gasteiger partial charge in [0.25, 0.3) is 0 Å². The van der Waals surface area contributed by atoms with Gasteiger partial charge < -0.3 is 10.2 Å². The van der Waals surface area contributed by atoms with Gasteiger partial charge in [0.15, 0.2) is 0 Å². The zero-order valence-electron chi connectivity index (χ0n) is 10.9. The molecule has 0 aliphatic carbocycles. The van der Waals surface area contributed by atoms with E-state index in [1.54, 1.807) is 0 Å². The third-order valence-corrected chi connectivity index (χ3v) is 3.83. The Hall–Kier alpha value is -0.780. The fraction of sp³-hybridized carbons (Fsp3) is 0.500. The lowest BCUT2D eigenvalue weighted by atomic mass is 10.2. The summed E-state index contributed by atoms with van der Waals surface area (Å²) in [5.74, 6) is 0.123. The van der Waals surface area contributed by atoms with Crippen LogP contribution >= 0.6 is 11.6 Å². The predicted octanol–water partition coefficient (Wildman–Crippen LogP) is 1.54. The number of nitrogens with zero attached hydrogens (tertiary/aromatic N) is 1. The fourth-order valence-corrected chi connectivity index (χ4v) is 2.55. The van der Waals surface area contributed by atoms with Crippen LogP contribution in [0.5, 0.6) is 0 Å². The molecule has 18 heavy (non-hydrogen) atoms. The van der Waals surface area contributed by atoms with E-state index in [1.165, 1.54) is 6.26 Å². The molecular weight excluding hydrogens is 272 g/mol. The lowest BCUT2D eigenvalue weighted by molar-refractivity contribution is 0.601. The SMILES string of the molecule is CNCc1ccc(N(C)CCS(C)(=O)=O)c(Cl)c1. The molecule has 0 aliphatic heterocycles. The molecule has 0 bridgehead atoms. The number of hydrogen-bond acceptors (Lipinski definition) is 4. The Balaban J connectivity index is 2.77. The van der Waals surface area contributed by atoms with E-state index < -0.39 is 9.84 Å². The average molecular weight is 291 g/mol. The van der Waals surface area contributed by atoms with E-state index in [2.05, 4.69) is 5.32 Å². The van der Waals surface area contributed by atoms with Crippen LogP contribution in [0.1, 0.15) is 5.56 Å². The second-order valence-electron chi connectivity index (χ2n) is 4.37. The second kappa shape index (κ2) is 6.41. The van der Waals surface area contributed by atoms with Crippen molar-refractivity contribution in [2.45, 2.75) is 6.54 Å². The van der Waals surface area contributed by atoms with Crippen LogP contribution in [0.25, 0.3) is 0 Å². The molecule has 1 N–H and O–H groups in total. The highest BCUT2D eigenvalue weighted by atomic mass is 35.5. The van der Waals surface area contributed by atoms with Crippen LogP contribution in [0.15, 0.2) is 18.2 Å². The molecule has 4 nitrogen and oxygen atoms in total. The van der Waals surface area contributed by atoms with E-state index in [4.69, 9.17) is 11.6 Å². The van der Waals surface area contributed by atoms with Crippen molar-refractivity contribution in [2.75, 3.05) is 37.5 Å². The van der Waals surface area contributed by atoms with Gasteiger partial charge in [-0.1, -0.05) is 17.7 Å². The summed E-state index contributed by atoms with van der Waals surface area (Å²) >= 11 is 6.19. The van der Waals surface area contributed by atoms with Gasteiger partial charge >= 0.3 is 0 Å². The number of rotatable bonds is 6. The molecule has 0 radical (unpaired) electrons. The van der Waals surface area contributed by atoms with Crippen LogP contribution in [-0.2, 0) is 16.4 Å². The van der Waals surface area contributed by atoms with Gasteiger partial charge in [-0.05, 0) is 24.7 Å². The first kappa shape index (κ1) is 15.3. The maximum Gasteiger partial charge on any atom is 0.149 e. The quantitative estimate of drug-likeness (QED) is 0.863. The number of anilines is 1. The maximum absolute atomic E-state index is 11.1. The highest BCUT2D eigenvalue weighted by Gasteiger charge is 2.09. The van der Waals surface area contributed by atoms with Crippen molar-refractivity contribution in [1.82, 2.24) is 5.32 Å². The number of hydrogen-bond donors (Lipinski definition) is 1. The highest BCUT2D eigenvalue weighted by molar-refractivity contribution is 7.90. The van der Waals surface area contributed by atoms with Gasteiger partial charge in [0.05, 0.1) is 16.5 Å². The minimum absolute atomic E-state index is 0.123. The number of sulfone groups is 1. The largest absolute Gasteiger partial charge is 0.372 e. The molecule has 0 heterocycles. The molecule has 0 saturated carbocycles. The molecule has 1 rings (SSSR count). The minimum Gasteiger partial charge on any atom is -0.372 e. The molecule has 0 aliphatic rings. The zero-order valence-corrected chi connectivity index (χ0v) is 12.5. The summed E-state index contributed by atoms with van der Waals surface area (Å²) in [5.41, 5.74) is 1.95. The van der Waals surface area contributed by atoms with E-state index in [-0.39, 0.29) is 5.75 Å². The third kappa shape index (κ3) is 4.84. The first-order chi connectivity index (χ1) is 8.33. The third-order valence-electron chi connectivity index (χ3n) is 2.60. The Morgan fingerprint density at radius 1 is 1.39 bits per heavy atom. The first-order valence-electron chi connectivity index (χ1n) is 5.65. The van der Waals surface area contributed by atoms with Gasteiger partial charge in [-0.25, -0.2) is 8.42 Å². The Morgan fingerprint density at radius 2 is 2.06 bits per heavy atom. The summed E-state index contributed by atoms with van der Waals surface area (Å²) < 4.78 is 22.2. The fourth-order valence-electron chi connectivity index (χ4n) is 1.60. The molecule has 0 aromatic heterocycles. The normalized spacial score (nSPS) is 11.6. The summed E-state index contributed by atoms with van der Waals surface area (Å²) in [7, 11) is 0.761. The van der Waals surface area contributed by atoms with Gasteiger partial charge in [-0.2, -0.15) is 0 Å². The van der Waals surface area contributed by atoms with Crippen molar-refractivity contribution in [3.8, 4) is 0 Å². The Bertz CT molecular complexity index is 503. The monoisotopic (exact) mass is 290 g/mol. The molecular formula is C12H19ClN2O2S. The van der Waals surface area contributed by atoms with Crippen LogP contribution in [-0.4, -0.2) is 41.1 Å². The van der Waals surface area contributed by atoms with Gasteiger partial charge in [0, 0.05) is 26.4 Å². The molecule has 1 aromatic rings. The van der Waals surface area contributed by atoms with Crippen LogP contribution < -0.4 is 10.2 Å². The van der Waals surface area contributed by atoms with E-state index in [0.29, 0.717) is 11.6 Å². The van der Waals surface area contributed by atoms with Crippen molar-refractivity contribution in [2.24, 2.45) is 0 Å². The van der Waals surface area contributed by atoms with Gasteiger partial charge in [-0.3, -0.25) is 0 Å². The van der Waals surface area contributed by atoms with E-state index in [0.717, 1.165) is 17.8 Å². The van der Waals surface area contributed by atoms with Crippen molar-refractivity contribution in [3.05, 3.63) is 28.8 Å². The number of nitrogens with one attached hydrogen (secondary N) is 1. The summed E-state index contributed by atoms with van der Waals surface area (Å²) in [4.78, 5) is 1.85. The van der Waals surface area contributed by atoms with Crippen LogP contribution in [0, 0.1) is 0 Å². The molecule has 6 heteroatoms. The van der Waals surface area contributed by atoms with Gasteiger partial charge in [0.1, 0.15) is 9.84 Å². The Kier molecular flexibility index (Phi) is 5.44. The predicted molar refractivity (Wildman–Crippen MR) is 77.2 cm³/mol. The highest BCUT2D eigenvalue weighted by Crippen LogP contribution is 2.26. The molecule has 0 spiro atoms. The lowest BCUT2D eigenvalue weighted by Gasteiger charge is -2.20. The van der Waals surface area contributed by atoms with Crippen molar-refractivity contribution in [3.63, 3.8) is 0 Å². The van der Waals surface area contributed by atoms with Crippen LogP contribution in [0.4, 0.5) is 5.69 Å². The molecule has 0 fully saturated rings. The summed E-state index contributed by atoms with van der Waals surface area (Å²) in [6.07, 6.45) is 1.23. The first-order valence-corrected chi connectivity index (χ1v) is 8.09. The summed E-state index contributed by atoms with van der Waals surface area (Å²) in [6, 6.07) is 5.79. The van der Waals surface area contributed by atoms with Gasteiger partial charge in [0.2, 0.25) is 0 Å². The van der Waals surface area contributed by atoms with E-state index in [1.807, 2.05) is 37.2 Å². The summed E-state index contributed by atoms with van der Waals surface area (Å²) in [6.45, 7) is 1.19. The van der Waals surface area contributed by atoms with E-state index in [9.17, 15) is 8.42 Å². The molecule has 1 aromatic carbocycles. The maximum atomic E-state index is 11.1. The topological polar surface area (TPSA) is 49.4 Å². The molecule has 0 unspecified atom stereocenters. The molecule has 0 amide bonds. The van der Waals surface area contributed by atoms with Crippen molar-refractivity contribution >= 4 is 27.1 Å². The van der Waals surface area contributed by atoms with E-state index >= 15 is 0 Å². The molecule has 0 saturated heterocycles.